The van der Waals surface area contributed by atoms with Gasteiger partial charge in [-0.25, -0.2) is 4.98 Å². The molecule has 0 N–H and O–H groups in total. The third-order valence-electron chi connectivity index (χ3n) is 2.79. The summed E-state index contributed by atoms with van der Waals surface area (Å²) in [5.74, 6) is 1.03. The van der Waals surface area contributed by atoms with E-state index in [4.69, 9.17) is 0 Å². The Balaban J connectivity index is 2.24. The average Bonchev–Trinajstić information content (AvgIpc) is 2.95. The smallest absolute Gasteiger partial charge is 0.158 e. The highest BCUT2D eigenvalue weighted by Gasteiger charge is 2.10. The number of hydrogen-bond donors (Lipinski definition) is 0. The van der Waals surface area contributed by atoms with E-state index in [9.17, 15) is 0 Å². The van der Waals surface area contributed by atoms with Crippen molar-refractivity contribution in [1.82, 2.24) is 14.6 Å². The van der Waals surface area contributed by atoms with E-state index in [0.717, 1.165) is 17.2 Å². The van der Waals surface area contributed by atoms with Gasteiger partial charge in [0, 0.05) is 31.1 Å². The van der Waals surface area contributed by atoms with Crippen LogP contribution in [0.2, 0.25) is 0 Å². The van der Waals surface area contributed by atoms with Crippen LogP contribution in [0.1, 0.15) is 4.88 Å². The average molecular weight is 258 g/mol. The van der Waals surface area contributed by atoms with E-state index < -0.39 is 0 Å². The van der Waals surface area contributed by atoms with Crippen molar-refractivity contribution in [3.8, 4) is 10.6 Å². The van der Waals surface area contributed by atoms with Crippen molar-refractivity contribution >= 4 is 22.8 Å². The molecule has 5 heteroatoms. The van der Waals surface area contributed by atoms with Crippen LogP contribution in [0.25, 0.3) is 16.2 Å². The summed E-state index contributed by atoms with van der Waals surface area (Å²) in [6.45, 7) is 2.11. The first kappa shape index (κ1) is 11.2. The third-order valence-corrected chi connectivity index (χ3v) is 3.81. The van der Waals surface area contributed by atoms with E-state index in [1.54, 1.807) is 17.5 Å². The van der Waals surface area contributed by atoms with Gasteiger partial charge in [-0.1, -0.05) is 0 Å². The fourth-order valence-corrected chi connectivity index (χ4v) is 2.74. The monoisotopic (exact) mass is 258 g/mol. The van der Waals surface area contributed by atoms with Crippen molar-refractivity contribution in [2.45, 2.75) is 6.92 Å². The lowest BCUT2D eigenvalue weighted by Crippen LogP contribution is -2.14. The van der Waals surface area contributed by atoms with Gasteiger partial charge < -0.3 is 4.90 Å². The van der Waals surface area contributed by atoms with Crippen LogP contribution >= 0.6 is 11.3 Å². The third kappa shape index (κ3) is 1.76. The Morgan fingerprint density at radius 2 is 2.06 bits per heavy atom. The van der Waals surface area contributed by atoms with Crippen LogP contribution in [-0.2, 0) is 0 Å². The predicted octanol–water partition coefficient (Wildman–Crippen LogP) is 2.83. The van der Waals surface area contributed by atoms with Gasteiger partial charge >= 0.3 is 0 Å². The molecule has 0 spiro atoms. The summed E-state index contributed by atoms with van der Waals surface area (Å²) in [4.78, 5) is 9.18. The first-order chi connectivity index (χ1) is 8.65. The highest BCUT2D eigenvalue weighted by molar-refractivity contribution is 7.15. The summed E-state index contributed by atoms with van der Waals surface area (Å²) >= 11 is 1.76. The van der Waals surface area contributed by atoms with Gasteiger partial charge in [-0.05, 0) is 19.1 Å². The Morgan fingerprint density at radius 3 is 2.72 bits per heavy atom. The molecule has 3 rings (SSSR count). The summed E-state index contributed by atoms with van der Waals surface area (Å²) in [7, 11) is 4.03. The van der Waals surface area contributed by atoms with E-state index in [2.05, 4.69) is 35.2 Å². The lowest BCUT2D eigenvalue weighted by atomic mass is 10.3. The molecule has 0 aliphatic carbocycles. The molecule has 3 aromatic heterocycles. The first-order valence-electron chi connectivity index (χ1n) is 5.74. The Morgan fingerprint density at radius 1 is 1.22 bits per heavy atom. The molecule has 0 fully saturated rings. The SMILES string of the molecule is Cc1ccc(-c2cc(N(C)C)n3nccc3n2)s1. The highest BCUT2D eigenvalue weighted by atomic mass is 32.1. The molecule has 0 amide bonds. The van der Waals surface area contributed by atoms with Crippen LogP contribution in [-0.4, -0.2) is 28.7 Å². The minimum Gasteiger partial charge on any atom is -0.363 e. The van der Waals surface area contributed by atoms with Crippen LogP contribution in [0.3, 0.4) is 0 Å². The highest BCUT2D eigenvalue weighted by Crippen LogP contribution is 2.29. The number of aryl methyl sites for hydroxylation is 1. The van der Waals surface area contributed by atoms with Gasteiger partial charge in [0.05, 0.1) is 16.8 Å². The Kier molecular flexibility index (Phi) is 2.56. The van der Waals surface area contributed by atoms with E-state index in [0.29, 0.717) is 0 Å². The second kappa shape index (κ2) is 4.10. The number of aromatic nitrogens is 3. The van der Waals surface area contributed by atoms with Crippen LogP contribution in [0.5, 0.6) is 0 Å². The Hall–Kier alpha value is -1.88. The van der Waals surface area contributed by atoms with Crippen molar-refractivity contribution in [1.29, 1.82) is 0 Å². The zero-order valence-corrected chi connectivity index (χ0v) is 11.4. The fraction of sp³-hybridized carbons (Fsp3) is 0.231. The number of hydrogen-bond acceptors (Lipinski definition) is 4. The summed E-state index contributed by atoms with van der Waals surface area (Å²) in [5.41, 5.74) is 1.88. The molecule has 18 heavy (non-hydrogen) atoms. The number of fused-ring (bicyclic) bond motifs is 1. The standard InChI is InChI=1S/C13H14N4S/c1-9-4-5-11(18-9)10-8-13(16(2)3)17-12(15-10)6-7-14-17/h4-8H,1-3H3. The maximum Gasteiger partial charge on any atom is 0.158 e. The molecule has 0 bridgehead atoms. The maximum atomic E-state index is 4.65. The lowest BCUT2D eigenvalue weighted by molar-refractivity contribution is 0.898. The summed E-state index contributed by atoms with van der Waals surface area (Å²) < 4.78 is 1.85. The molecular formula is C13H14N4S. The summed E-state index contributed by atoms with van der Waals surface area (Å²) in [6.07, 6.45) is 1.78. The molecule has 0 radical (unpaired) electrons. The molecule has 3 heterocycles. The van der Waals surface area contributed by atoms with Crippen LogP contribution in [0.4, 0.5) is 5.82 Å². The number of thiophene rings is 1. The molecule has 92 valence electrons. The minimum atomic E-state index is 0.877. The normalized spacial score (nSPS) is 11.1. The van der Waals surface area contributed by atoms with E-state index in [1.165, 1.54) is 9.75 Å². The Bertz CT molecular complexity index is 696. The minimum absolute atomic E-state index is 0.877. The van der Waals surface area contributed by atoms with Gasteiger partial charge in [0.15, 0.2) is 5.65 Å². The van der Waals surface area contributed by atoms with Crippen molar-refractivity contribution in [3.63, 3.8) is 0 Å². The van der Waals surface area contributed by atoms with Crippen molar-refractivity contribution < 1.29 is 0 Å². The molecule has 0 saturated heterocycles. The first-order valence-corrected chi connectivity index (χ1v) is 6.56. The van der Waals surface area contributed by atoms with Crippen molar-refractivity contribution in [3.05, 3.63) is 35.3 Å². The Labute approximate surface area is 110 Å². The second-order valence-electron chi connectivity index (χ2n) is 4.41. The molecular weight excluding hydrogens is 244 g/mol. The summed E-state index contributed by atoms with van der Waals surface area (Å²) in [6, 6.07) is 8.24. The number of rotatable bonds is 2. The zero-order valence-electron chi connectivity index (χ0n) is 10.6. The van der Waals surface area contributed by atoms with Gasteiger partial charge in [0.1, 0.15) is 5.82 Å². The largest absolute Gasteiger partial charge is 0.363 e. The molecule has 0 atom stereocenters. The van der Waals surface area contributed by atoms with E-state index in [-0.39, 0.29) is 0 Å². The van der Waals surface area contributed by atoms with Gasteiger partial charge in [-0.15, -0.1) is 11.3 Å². The molecule has 0 aromatic carbocycles. The quantitative estimate of drug-likeness (QED) is 0.708. The molecule has 0 aliphatic rings. The predicted molar refractivity (Wildman–Crippen MR) is 75.4 cm³/mol. The van der Waals surface area contributed by atoms with Gasteiger partial charge in [0.25, 0.3) is 0 Å². The van der Waals surface area contributed by atoms with Gasteiger partial charge in [-0.3, -0.25) is 0 Å². The second-order valence-corrected chi connectivity index (χ2v) is 5.69. The van der Waals surface area contributed by atoms with Crippen LogP contribution in [0, 0.1) is 6.92 Å². The molecule has 0 unspecified atom stereocenters. The van der Waals surface area contributed by atoms with Crippen LogP contribution < -0.4 is 4.90 Å². The van der Waals surface area contributed by atoms with Crippen LogP contribution in [0.15, 0.2) is 30.5 Å². The molecule has 0 aliphatic heterocycles. The summed E-state index contributed by atoms with van der Waals surface area (Å²) in [5, 5.41) is 4.30. The number of anilines is 1. The molecule has 4 nitrogen and oxygen atoms in total. The van der Waals surface area contributed by atoms with E-state index in [1.807, 2.05) is 29.6 Å². The molecule has 3 aromatic rings. The van der Waals surface area contributed by atoms with Gasteiger partial charge in [0.2, 0.25) is 0 Å². The molecule has 0 saturated carbocycles. The lowest BCUT2D eigenvalue weighted by Gasteiger charge is -2.14. The van der Waals surface area contributed by atoms with Gasteiger partial charge in [-0.2, -0.15) is 9.61 Å². The fourth-order valence-electron chi connectivity index (χ4n) is 1.91. The van der Waals surface area contributed by atoms with E-state index >= 15 is 0 Å². The topological polar surface area (TPSA) is 33.4 Å². The van der Waals surface area contributed by atoms with Crippen molar-refractivity contribution in [2.24, 2.45) is 0 Å². The maximum absolute atomic E-state index is 4.65. The zero-order chi connectivity index (χ0) is 12.7. The number of nitrogens with zero attached hydrogens (tertiary/aromatic N) is 4. The van der Waals surface area contributed by atoms with Crippen molar-refractivity contribution in [2.75, 3.05) is 19.0 Å².